The number of carbonyl (C=O) groups is 1. The molecule has 0 aliphatic carbocycles. The largest absolute Gasteiger partial charge is 0.299 e. The first-order valence-corrected chi connectivity index (χ1v) is 6.62. The maximum absolute atomic E-state index is 11.5. The van der Waals surface area contributed by atoms with Crippen LogP contribution in [-0.2, 0) is 6.54 Å². The van der Waals surface area contributed by atoms with Crippen LogP contribution in [0.25, 0.3) is 0 Å². The molecule has 0 aromatic carbocycles. The van der Waals surface area contributed by atoms with Gasteiger partial charge in [0.15, 0.2) is 0 Å². The minimum atomic E-state index is -0.208. The molecule has 0 radical (unpaired) electrons. The van der Waals surface area contributed by atoms with E-state index in [2.05, 4.69) is 38.1 Å². The predicted octanol–water partition coefficient (Wildman–Crippen LogP) is 1.83. The molecule has 1 aromatic heterocycles. The fourth-order valence-electron chi connectivity index (χ4n) is 1.65. The summed E-state index contributed by atoms with van der Waals surface area (Å²) < 4.78 is 0. The van der Waals surface area contributed by atoms with E-state index in [0.717, 1.165) is 12.1 Å². The zero-order valence-corrected chi connectivity index (χ0v) is 11.7. The maximum atomic E-state index is 11.5. The van der Waals surface area contributed by atoms with E-state index in [-0.39, 0.29) is 5.91 Å². The van der Waals surface area contributed by atoms with Crippen molar-refractivity contribution >= 4 is 17.2 Å². The number of thiophene rings is 1. The highest BCUT2D eigenvalue weighted by atomic mass is 32.1. The van der Waals surface area contributed by atoms with E-state index in [1.54, 1.807) is 0 Å². The Labute approximate surface area is 107 Å². The van der Waals surface area contributed by atoms with E-state index in [9.17, 15) is 4.79 Å². The fourth-order valence-corrected chi connectivity index (χ4v) is 2.46. The Balaban J connectivity index is 2.75. The SMILES string of the molecule is CC(C)C(C)N(C)Cc1ccsc1C(=O)NN. The van der Waals surface area contributed by atoms with Gasteiger partial charge in [-0.15, -0.1) is 11.3 Å². The van der Waals surface area contributed by atoms with Crippen molar-refractivity contribution in [1.29, 1.82) is 0 Å². The second-order valence-electron chi connectivity index (χ2n) is 4.65. The van der Waals surface area contributed by atoms with Crippen LogP contribution in [0.4, 0.5) is 0 Å². The van der Waals surface area contributed by atoms with Gasteiger partial charge < -0.3 is 0 Å². The fraction of sp³-hybridized carbons (Fsp3) is 0.583. The smallest absolute Gasteiger partial charge is 0.275 e. The summed E-state index contributed by atoms with van der Waals surface area (Å²) in [5.41, 5.74) is 3.22. The summed E-state index contributed by atoms with van der Waals surface area (Å²) in [5.74, 6) is 5.55. The molecule has 4 nitrogen and oxygen atoms in total. The molecule has 0 spiro atoms. The molecule has 0 saturated heterocycles. The molecular weight excluding hydrogens is 234 g/mol. The molecular formula is C12H21N3OS. The van der Waals surface area contributed by atoms with Gasteiger partial charge in [0.1, 0.15) is 0 Å². The third-order valence-corrected chi connectivity index (χ3v) is 4.12. The number of carbonyl (C=O) groups excluding carboxylic acids is 1. The molecule has 17 heavy (non-hydrogen) atoms. The third-order valence-electron chi connectivity index (χ3n) is 3.16. The van der Waals surface area contributed by atoms with Gasteiger partial charge in [0.25, 0.3) is 5.91 Å². The van der Waals surface area contributed by atoms with Crippen LogP contribution in [0.3, 0.4) is 0 Å². The van der Waals surface area contributed by atoms with Crippen molar-refractivity contribution in [1.82, 2.24) is 10.3 Å². The number of nitrogens with zero attached hydrogens (tertiary/aromatic N) is 1. The summed E-state index contributed by atoms with van der Waals surface area (Å²) in [7, 11) is 2.08. The number of amides is 1. The van der Waals surface area contributed by atoms with Gasteiger partial charge in [0, 0.05) is 12.6 Å². The average molecular weight is 255 g/mol. The van der Waals surface area contributed by atoms with Crippen molar-refractivity contribution in [2.24, 2.45) is 11.8 Å². The summed E-state index contributed by atoms with van der Waals surface area (Å²) in [6, 6.07) is 2.46. The van der Waals surface area contributed by atoms with Crippen molar-refractivity contribution in [3.63, 3.8) is 0 Å². The molecule has 3 N–H and O–H groups in total. The summed E-state index contributed by atoms with van der Waals surface area (Å²) in [4.78, 5) is 14.5. The second kappa shape index (κ2) is 6.14. The Morgan fingerprint density at radius 3 is 2.71 bits per heavy atom. The lowest BCUT2D eigenvalue weighted by atomic mass is 10.0. The molecule has 0 saturated carbocycles. The van der Waals surface area contributed by atoms with Crippen LogP contribution in [0.15, 0.2) is 11.4 Å². The lowest BCUT2D eigenvalue weighted by molar-refractivity contribution is 0.0955. The van der Waals surface area contributed by atoms with E-state index in [0.29, 0.717) is 16.8 Å². The van der Waals surface area contributed by atoms with Crippen molar-refractivity contribution in [2.75, 3.05) is 7.05 Å². The number of nitrogens with two attached hydrogens (primary N) is 1. The molecule has 1 rings (SSSR count). The molecule has 96 valence electrons. The van der Waals surface area contributed by atoms with E-state index in [4.69, 9.17) is 5.84 Å². The Bertz CT molecular complexity index is 376. The van der Waals surface area contributed by atoms with E-state index >= 15 is 0 Å². The second-order valence-corrected chi connectivity index (χ2v) is 5.56. The predicted molar refractivity (Wildman–Crippen MR) is 71.7 cm³/mol. The van der Waals surface area contributed by atoms with Crippen molar-refractivity contribution in [3.8, 4) is 0 Å². The van der Waals surface area contributed by atoms with Crippen LogP contribution in [-0.4, -0.2) is 23.9 Å². The third kappa shape index (κ3) is 3.52. The molecule has 0 fully saturated rings. The molecule has 5 heteroatoms. The van der Waals surface area contributed by atoms with Crippen molar-refractivity contribution in [3.05, 3.63) is 21.9 Å². The lowest BCUT2D eigenvalue weighted by Gasteiger charge is -2.27. The summed E-state index contributed by atoms with van der Waals surface area (Å²) in [6.07, 6.45) is 0. The number of rotatable bonds is 5. The van der Waals surface area contributed by atoms with Gasteiger partial charge >= 0.3 is 0 Å². The van der Waals surface area contributed by atoms with Crippen LogP contribution in [0.5, 0.6) is 0 Å². The molecule has 1 aromatic rings. The Hall–Kier alpha value is -0.910. The first-order chi connectivity index (χ1) is 7.97. The van der Waals surface area contributed by atoms with E-state index in [1.807, 2.05) is 11.4 Å². The zero-order valence-electron chi connectivity index (χ0n) is 10.9. The van der Waals surface area contributed by atoms with Crippen LogP contribution in [0.1, 0.15) is 36.0 Å². The Morgan fingerprint density at radius 1 is 1.53 bits per heavy atom. The van der Waals surface area contributed by atoms with Gasteiger partial charge in [-0.05, 0) is 36.9 Å². The number of hydrogen-bond acceptors (Lipinski definition) is 4. The van der Waals surface area contributed by atoms with Crippen molar-refractivity contribution < 1.29 is 4.79 Å². The minimum Gasteiger partial charge on any atom is -0.299 e. The molecule has 0 aliphatic rings. The highest BCUT2D eigenvalue weighted by Gasteiger charge is 2.17. The Morgan fingerprint density at radius 2 is 2.18 bits per heavy atom. The molecule has 1 atom stereocenters. The van der Waals surface area contributed by atoms with Gasteiger partial charge in [-0.1, -0.05) is 13.8 Å². The van der Waals surface area contributed by atoms with Crippen LogP contribution >= 0.6 is 11.3 Å². The molecule has 0 bridgehead atoms. The number of hydrazine groups is 1. The lowest BCUT2D eigenvalue weighted by Crippen LogP contribution is -2.34. The first-order valence-electron chi connectivity index (χ1n) is 5.75. The molecule has 0 aliphatic heterocycles. The maximum Gasteiger partial charge on any atom is 0.275 e. The first kappa shape index (κ1) is 14.2. The van der Waals surface area contributed by atoms with Crippen molar-refractivity contribution in [2.45, 2.75) is 33.4 Å². The zero-order chi connectivity index (χ0) is 13.0. The van der Waals surface area contributed by atoms with Gasteiger partial charge in [-0.2, -0.15) is 0 Å². The Kier molecular flexibility index (Phi) is 5.11. The standard InChI is InChI=1S/C12H21N3OS/c1-8(2)9(3)15(4)7-10-5-6-17-11(10)12(16)14-13/h5-6,8-9H,7,13H2,1-4H3,(H,14,16). The summed E-state index contributed by atoms with van der Waals surface area (Å²) in [6.45, 7) is 7.36. The van der Waals surface area contributed by atoms with E-state index < -0.39 is 0 Å². The normalized spacial score (nSPS) is 13.1. The average Bonchev–Trinajstić information content (AvgIpc) is 2.74. The van der Waals surface area contributed by atoms with Crippen LogP contribution < -0.4 is 11.3 Å². The minimum absolute atomic E-state index is 0.208. The van der Waals surface area contributed by atoms with Gasteiger partial charge in [0.2, 0.25) is 0 Å². The van der Waals surface area contributed by atoms with Gasteiger partial charge in [-0.3, -0.25) is 15.1 Å². The number of nitrogens with one attached hydrogen (secondary N) is 1. The highest BCUT2D eigenvalue weighted by Crippen LogP contribution is 2.20. The summed E-state index contributed by atoms with van der Waals surface area (Å²) >= 11 is 1.43. The topological polar surface area (TPSA) is 58.4 Å². The number of nitrogen functional groups attached to an aromatic ring is 1. The number of hydrogen-bond donors (Lipinski definition) is 2. The quantitative estimate of drug-likeness (QED) is 0.479. The van der Waals surface area contributed by atoms with Crippen LogP contribution in [0, 0.1) is 5.92 Å². The highest BCUT2D eigenvalue weighted by molar-refractivity contribution is 7.12. The molecule has 1 unspecified atom stereocenters. The van der Waals surface area contributed by atoms with E-state index in [1.165, 1.54) is 11.3 Å². The van der Waals surface area contributed by atoms with Gasteiger partial charge in [-0.25, -0.2) is 5.84 Å². The molecule has 1 amide bonds. The molecule has 1 heterocycles. The summed E-state index contributed by atoms with van der Waals surface area (Å²) in [5, 5.41) is 1.92. The van der Waals surface area contributed by atoms with Gasteiger partial charge in [0.05, 0.1) is 4.88 Å². The monoisotopic (exact) mass is 255 g/mol. The van der Waals surface area contributed by atoms with Crippen LogP contribution in [0.2, 0.25) is 0 Å².